The Hall–Kier alpha value is -0.970. The minimum absolute atomic E-state index is 0.371. The second-order valence-corrected chi connectivity index (χ2v) is 4.32. The van der Waals surface area contributed by atoms with Crippen LogP contribution < -0.4 is 5.32 Å². The summed E-state index contributed by atoms with van der Waals surface area (Å²) in [6.45, 7) is 10.4. The molecule has 0 saturated heterocycles. The minimum Gasteiger partial charge on any atom is -0.310 e. The second kappa shape index (κ2) is 5.80. The Morgan fingerprint density at radius 2 is 2.07 bits per heavy atom. The Morgan fingerprint density at radius 3 is 2.67 bits per heavy atom. The van der Waals surface area contributed by atoms with E-state index in [0.29, 0.717) is 12.0 Å². The lowest BCUT2D eigenvalue weighted by molar-refractivity contribution is 0.435. The van der Waals surface area contributed by atoms with Gasteiger partial charge in [0.1, 0.15) is 0 Å². The third-order valence-electron chi connectivity index (χ3n) is 2.40. The first-order chi connectivity index (χ1) is 7.15. The molecule has 0 spiro atoms. The molecule has 1 unspecified atom stereocenters. The maximum Gasteiger partial charge on any atom is 0.165 e. The van der Waals surface area contributed by atoms with E-state index in [1.54, 1.807) is 0 Å². The van der Waals surface area contributed by atoms with Crippen LogP contribution in [0.5, 0.6) is 0 Å². The molecular formula is C10H21N5. The topological polar surface area (TPSA) is 55.6 Å². The number of aromatic nitrogens is 4. The molecule has 1 heterocycles. The average molecular weight is 211 g/mol. The molecule has 1 rings (SSSR count). The summed E-state index contributed by atoms with van der Waals surface area (Å²) in [4.78, 5) is 0. The van der Waals surface area contributed by atoms with Crippen molar-refractivity contribution in [3.05, 3.63) is 5.82 Å². The highest BCUT2D eigenvalue weighted by molar-refractivity contribution is 4.82. The number of nitrogens with zero attached hydrogens (tertiary/aromatic N) is 4. The van der Waals surface area contributed by atoms with Crippen LogP contribution >= 0.6 is 0 Å². The third kappa shape index (κ3) is 3.58. The Balaban J connectivity index is 2.50. The van der Waals surface area contributed by atoms with E-state index in [4.69, 9.17) is 0 Å². The molecule has 1 aromatic rings. The first-order valence-electron chi connectivity index (χ1n) is 5.62. The van der Waals surface area contributed by atoms with Crippen LogP contribution in [-0.2, 0) is 6.54 Å². The van der Waals surface area contributed by atoms with E-state index in [1.165, 1.54) is 0 Å². The van der Waals surface area contributed by atoms with Crippen LogP contribution in [0.1, 0.15) is 46.0 Å². The van der Waals surface area contributed by atoms with Gasteiger partial charge in [-0.25, -0.2) is 4.68 Å². The number of rotatable bonds is 6. The van der Waals surface area contributed by atoms with E-state index in [9.17, 15) is 0 Å². The Bertz CT molecular complexity index is 281. The fourth-order valence-electron chi connectivity index (χ4n) is 1.32. The maximum atomic E-state index is 4.02. The molecule has 0 amide bonds. The predicted octanol–water partition coefficient (Wildman–Crippen LogP) is 1.39. The Labute approximate surface area is 91.2 Å². The van der Waals surface area contributed by atoms with Gasteiger partial charge in [-0.2, -0.15) is 0 Å². The molecule has 1 N–H and O–H groups in total. The van der Waals surface area contributed by atoms with E-state index in [0.717, 1.165) is 25.3 Å². The van der Waals surface area contributed by atoms with Crippen molar-refractivity contribution in [1.82, 2.24) is 25.5 Å². The molecule has 1 atom stereocenters. The summed E-state index contributed by atoms with van der Waals surface area (Å²) in [6, 6.07) is 0.371. The lowest BCUT2D eigenvalue weighted by Gasteiger charge is -2.11. The van der Waals surface area contributed by atoms with Gasteiger partial charge in [0.05, 0.1) is 12.6 Å². The zero-order valence-corrected chi connectivity index (χ0v) is 10.1. The third-order valence-corrected chi connectivity index (χ3v) is 2.40. The summed E-state index contributed by atoms with van der Waals surface area (Å²) in [6.07, 6.45) is 1.04. The Kier molecular flexibility index (Phi) is 4.68. The van der Waals surface area contributed by atoms with Gasteiger partial charge in [-0.15, -0.1) is 5.10 Å². The molecule has 15 heavy (non-hydrogen) atoms. The van der Waals surface area contributed by atoms with E-state index in [1.807, 2.05) is 4.68 Å². The molecule has 0 aromatic carbocycles. The van der Waals surface area contributed by atoms with Crippen LogP contribution in [0.15, 0.2) is 0 Å². The van der Waals surface area contributed by atoms with Crippen molar-refractivity contribution in [2.45, 2.75) is 46.7 Å². The summed E-state index contributed by atoms with van der Waals surface area (Å²) in [5, 5.41) is 15.1. The zero-order valence-electron chi connectivity index (χ0n) is 10.1. The van der Waals surface area contributed by atoms with Crippen molar-refractivity contribution in [3.8, 4) is 0 Å². The summed E-state index contributed by atoms with van der Waals surface area (Å²) >= 11 is 0. The van der Waals surface area contributed by atoms with Gasteiger partial charge in [0, 0.05) is 0 Å². The van der Waals surface area contributed by atoms with Crippen LogP contribution in [0.3, 0.4) is 0 Å². The largest absolute Gasteiger partial charge is 0.310 e. The lowest BCUT2D eigenvalue weighted by Crippen LogP contribution is -2.22. The van der Waals surface area contributed by atoms with Crippen LogP contribution in [0.2, 0.25) is 0 Å². The average Bonchev–Trinajstić information content (AvgIpc) is 2.64. The van der Waals surface area contributed by atoms with Gasteiger partial charge in [0.15, 0.2) is 5.82 Å². The van der Waals surface area contributed by atoms with Crippen LogP contribution in [-0.4, -0.2) is 26.8 Å². The number of hydrogen-bond acceptors (Lipinski definition) is 4. The molecule has 1 aromatic heterocycles. The van der Waals surface area contributed by atoms with Crippen molar-refractivity contribution in [3.63, 3.8) is 0 Å². The molecular weight excluding hydrogens is 190 g/mol. The zero-order chi connectivity index (χ0) is 11.3. The summed E-state index contributed by atoms with van der Waals surface area (Å²) in [5.41, 5.74) is 0. The van der Waals surface area contributed by atoms with E-state index in [2.05, 4.69) is 48.5 Å². The standard InChI is InChI=1S/C10H21N5/c1-5-9(4)15-10(12-13-14-15)7-11-6-8(2)3/h8-9,11H,5-7H2,1-4H3. The number of tetrazole rings is 1. The van der Waals surface area contributed by atoms with Crippen molar-refractivity contribution >= 4 is 0 Å². The van der Waals surface area contributed by atoms with E-state index >= 15 is 0 Å². The molecule has 0 saturated carbocycles. The lowest BCUT2D eigenvalue weighted by atomic mass is 10.2. The van der Waals surface area contributed by atoms with Crippen LogP contribution in [0.4, 0.5) is 0 Å². The highest BCUT2D eigenvalue weighted by Gasteiger charge is 2.10. The van der Waals surface area contributed by atoms with Crippen molar-refractivity contribution < 1.29 is 0 Å². The first-order valence-corrected chi connectivity index (χ1v) is 5.62. The minimum atomic E-state index is 0.371. The van der Waals surface area contributed by atoms with Crippen LogP contribution in [0, 0.1) is 5.92 Å². The molecule has 86 valence electrons. The summed E-state index contributed by atoms with van der Waals surface area (Å²) in [7, 11) is 0. The van der Waals surface area contributed by atoms with Gasteiger partial charge in [0.2, 0.25) is 0 Å². The quantitative estimate of drug-likeness (QED) is 0.772. The maximum absolute atomic E-state index is 4.02. The van der Waals surface area contributed by atoms with Crippen LogP contribution in [0.25, 0.3) is 0 Å². The molecule has 5 heteroatoms. The van der Waals surface area contributed by atoms with Gasteiger partial charge in [-0.1, -0.05) is 20.8 Å². The van der Waals surface area contributed by atoms with Crippen molar-refractivity contribution in [2.75, 3.05) is 6.54 Å². The highest BCUT2D eigenvalue weighted by atomic mass is 15.6. The number of hydrogen-bond donors (Lipinski definition) is 1. The van der Waals surface area contributed by atoms with Crippen molar-refractivity contribution in [1.29, 1.82) is 0 Å². The predicted molar refractivity (Wildman–Crippen MR) is 59.4 cm³/mol. The second-order valence-electron chi connectivity index (χ2n) is 4.32. The molecule has 0 radical (unpaired) electrons. The fourth-order valence-corrected chi connectivity index (χ4v) is 1.32. The molecule has 0 aliphatic carbocycles. The van der Waals surface area contributed by atoms with E-state index in [-0.39, 0.29) is 0 Å². The molecule has 0 aliphatic heterocycles. The normalized spacial score (nSPS) is 13.4. The van der Waals surface area contributed by atoms with Gasteiger partial charge in [-0.3, -0.25) is 0 Å². The van der Waals surface area contributed by atoms with Gasteiger partial charge < -0.3 is 5.32 Å². The molecule has 0 bridgehead atoms. The molecule has 5 nitrogen and oxygen atoms in total. The Morgan fingerprint density at radius 1 is 1.33 bits per heavy atom. The monoisotopic (exact) mass is 211 g/mol. The molecule has 0 aliphatic rings. The molecule has 0 fully saturated rings. The smallest absolute Gasteiger partial charge is 0.165 e. The van der Waals surface area contributed by atoms with Gasteiger partial charge in [-0.05, 0) is 36.2 Å². The fraction of sp³-hybridized carbons (Fsp3) is 0.900. The first kappa shape index (κ1) is 12.1. The van der Waals surface area contributed by atoms with Crippen molar-refractivity contribution in [2.24, 2.45) is 5.92 Å². The summed E-state index contributed by atoms with van der Waals surface area (Å²) < 4.78 is 1.90. The number of nitrogens with one attached hydrogen (secondary N) is 1. The van der Waals surface area contributed by atoms with Gasteiger partial charge >= 0.3 is 0 Å². The SMILES string of the molecule is CCC(C)n1nnnc1CNCC(C)C. The highest BCUT2D eigenvalue weighted by Crippen LogP contribution is 2.09. The van der Waals surface area contributed by atoms with E-state index < -0.39 is 0 Å². The summed E-state index contributed by atoms with van der Waals surface area (Å²) in [5.74, 6) is 1.57. The van der Waals surface area contributed by atoms with Gasteiger partial charge in [0.25, 0.3) is 0 Å².